The number of hydrogen-bond donors (Lipinski definition) is 2. The van der Waals surface area contributed by atoms with Gasteiger partial charge in [0.25, 0.3) is 0 Å². The number of likely N-dealkylation sites (tertiary alicyclic amines) is 1. The van der Waals surface area contributed by atoms with Gasteiger partial charge in [0.05, 0.1) is 0 Å². The molecule has 0 radical (unpaired) electrons. The number of nitrogens with zero attached hydrogens (tertiary/aromatic N) is 1. The van der Waals surface area contributed by atoms with Crippen LogP contribution in [0, 0.1) is 5.92 Å². The SMILES string of the molecule is CCC(N)(CC)CNC(=O)N1CCC(C)CC1. The number of nitrogens with one attached hydrogen (secondary N) is 1. The van der Waals surface area contributed by atoms with Gasteiger partial charge in [-0.3, -0.25) is 0 Å². The first-order chi connectivity index (χ1) is 8.00. The number of carbonyl (C=O) groups is 1. The summed E-state index contributed by atoms with van der Waals surface area (Å²) in [5.41, 5.74) is 5.91. The van der Waals surface area contributed by atoms with Crippen molar-refractivity contribution in [2.45, 2.75) is 52.0 Å². The molecule has 4 heteroatoms. The third kappa shape index (κ3) is 4.19. The van der Waals surface area contributed by atoms with Crippen molar-refractivity contribution >= 4 is 6.03 Å². The summed E-state index contributed by atoms with van der Waals surface area (Å²) in [6.45, 7) is 8.71. The molecule has 3 N–H and O–H groups in total. The van der Waals surface area contributed by atoms with E-state index in [4.69, 9.17) is 5.73 Å². The van der Waals surface area contributed by atoms with Crippen molar-refractivity contribution in [3.63, 3.8) is 0 Å². The molecule has 0 spiro atoms. The van der Waals surface area contributed by atoms with Crippen LogP contribution >= 0.6 is 0 Å². The fraction of sp³-hybridized carbons (Fsp3) is 0.923. The lowest BCUT2D eigenvalue weighted by molar-refractivity contribution is 0.171. The van der Waals surface area contributed by atoms with Crippen LogP contribution in [0.4, 0.5) is 4.79 Å². The minimum absolute atomic E-state index is 0.0497. The fourth-order valence-corrected chi connectivity index (χ4v) is 2.08. The second-order valence-corrected chi connectivity index (χ2v) is 5.40. The van der Waals surface area contributed by atoms with Gasteiger partial charge in [-0.25, -0.2) is 4.79 Å². The number of nitrogens with two attached hydrogens (primary N) is 1. The predicted octanol–water partition coefficient (Wildman–Crippen LogP) is 1.95. The molecule has 4 nitrogen and oxygen atoms in total. The maximum Gasteiger partial charge on any atom is 0.317 e. The highest BCUT2D eigenvalue weighted by Crippen LogP contribution is 2.16. The Balaban J connectivity index is 2.34. The zero-order valence-corrected chi connectivity index (χ0v) is 11.5. The highest BCUT2D eigenvalue weighted by atomic mass is 16.2. The van der Waals surface area contributed by atoms with Crippen LogP contribution in [-0.4, -0.2) is 36.1 Å². The minimum Gasteiger partial charge on any atom is -0.336 e. The number of piperidine rings is 1. The molecule has 1 fully saturated rings. The van der Waals surface area contributed by atoms with Crippen LogP contribution in [-0.2, 0) is 0 Å². The van der Waals surface area contributed by atoms with Gasteiger partial charge in [0.15, 0.2) is 0 Å². The zero-order valence-electron chi connectivity index (χ0n) is 11.5. The molecule has 0 unspecified atom stereocenters. The molecule has 0 atom stereocenters. The normalized spacial score (nSPS) is 18.2. The summed E-state index contributed by atoms with van der Waals surface area (Å²) in [5, 5.41) is 2.97. The first-order valence-corrected chi connectivity index (χ1v) is 6.82. The third-order valence-corrected chi connectivity index (χ3v) is 4.07. The van der Waals surface area contributed by atoms with Crippen LogP contribution in [0.15, 0.2) is 0 Å². The largest absolute Gasteiger partial charge is 0.336 e. The predicted molar refractivity (Wildman–Crippen MR) is 70.9 cm³/mol. The van der Waals surface area contributed by atoms with Gasteiger partial charge < -0.3 is 16.0 Å². The van der Waals surface area contributed by atoms with Gasteiger partial charge in [-0.15, -0.1) is 0 Å². The quantitative estimate of drug-likeness (QED) is 0.790. The van der Waals surface area contributed by atoms with E-state index in [-0.39, 0.29) is 11.6 Å². The smallest absolute Gasteiger partial charge is 0.317 e. The molecule has 1 aliphatic rings. The molecule has 0 saturated carbocycles. The minimum atomic E-state index is -0.251. The van der Waals surface area contributed by atoms with Crippen LogP contribution in [0.25, 0.3) is 0 Å². The monoisotopic (exact) mass is 241 g/mol. The van der Waals surface area contributed by atoms with Gasteiger partial charge in [-0.05, 0) is 31.6 Å². The van der Waals surface area contributed by atoms with Crippen LogP contribution < -0.4 is 11.1 Å². The molecule has 1 aliphatic heterocycles. The van der Waals surface area contributed by atoms with E-state index in [2.05, 4.69) is 26.1 Å². The second-order valence-electron chi connectivity index (χ2n) is 5.40. The Morgan fingerprint density at radius 3 is 2.35 bits per heavy atom. The Morgan fingerprint density at radius 1 is 1.35 bits per heavy atom. The summed E-state index contributed by atoms with van der Waals surface area (Å²) < 4.78 is 0. The topological polar surface area (TPSA) is 58.4 Å². The van der Waals surface area contributed by atoms with E-state index in [0.29, 0.717) is 6.54 Å². The maximum atomic E-state index is 11.9. The molecule has 0 bridgehead atoms. The van der Waals surface area contributed by atoms with Gasteiger partial charge >= 0.3 is 6.03 Å². The van der Waals surface area contributed by atoms with Crippen molar-refractivity contribution in [2.24, 2.45) is 11.7 Å². The lowest BCUT2D eigenvalue weighted by atomic mass is 9.94. The van der Waals surface area contributed by atoms with Crippen molar-refractivity contribution < 1.29 is 4.79 Å². The number of urea groups is 1. The summed E-state index contributed by atoms with van der Waals surface area (Å²) in [4.78, 5) is 13.9. The molecule has 100 valence electrons. The summed E-state index contributed by atoms with van der Waals surface area (Å²) >= 11 is 0. The summed E-state index contributed by atoms with van der Waals surface area (Å²) in [6.07, 6.45) is 4.01. The molecule has 1 rings (SSSR count). The Hall–Kier alpha value is -0.770. The number of rotatable bonds is 4. The van der Waals surface area contributed by atoms with Crippen molar-refractivity contribution in [2.75, 3.05) is 19.6 Å². The molecule has 0 aromatic carbocycles. The lowest BCUT2D eigenvalue weighted by Crippen LogP contribution is -2.53. The van der Waals surface area contributed by atoms with E-state index in [0.717, 1.165) is 44.7 Å². The van der Waals surface area contributed by atoms with E-state index < -0.39 is 0 Å². The average Bonchev–Trinajstić information content (AvgIpc) is 2.36. The van der Waals surface area contributed by atoms with Gasteiger partial charge in [0.2, 0.25) is 0 Å². The Kier molecular flexibility index (Phi) is 5.25. The van der Waals surface area contributed by atoms with Crippen LogP contribution in [0.5, 0.6) is 0 Å². The van der Waals surface area contributed by atoms with Gasteiger partial charge in [0.1, 0.15) is 0 Å². The molecular formula is C13H27N3O. The third-order valence-electron chi connectivity index (χ3n) is 4.07. The molecule has 2 amide bonds. The molecule has 1 heterocycles. The lowest BCUT2D eigenvalue weighted by Gasteiger charge is -2.32. The van der Waals surface area contributed by atoms with Gasteiger partial charge in [0, 0.05) is 25.2 Å². The Labute approximate surface area is 105 Å². The Morgan fingerprint density at radius 2 is 1.88 bits per heavy atom. The standard InChI is InChI=1S/C13H27N3O/c1-4-13(14,5-2)10-15-12(17)16-8-6-11(3)7-9-16/h11H,4-10,14H2,1-3H3,(H,15,17). The first-order valence-electron chi connectivity index (χ1n) is 6.82. The maximum absolute atomic E-state index is 11.9. The van der Waals surface area contributed by atoms with E-state index in [9.17, 15) is 4.79 Å². The highest BCUT2D eigenvalue weighted by molar-refractivity contribution is 5.74. The summed E-state index contributed by atoms with van der Waals surface area (Å²) in [7, 11) is 0. The van der Waals surface area contributed by atoms with Crippen LogP contribution in [0.3, 0.4) is 0 Å². The molecule has 0 aromatic heterocycles. The van der Waals surface area contributed by atoms with Crippen LogP contribution in [0.2, 0.25) is 0 Å². The van der Waals surface area contributed by atoms with Crippen LogP contribution in [0.1, 0.15) is 46.5 Å². The van der Waals surface area contributed by atoms with Gasteiger partial charge in [-0.2, -0.15) is 0 Å². The zero-order chi connectivity index (χ0) is 12.9. The van der Waals surface area contributed by atoms with Crippen molar-refractivity contribution in [3.05, 3.63) is 0 Å². The van der Waals surface area contributed by atoms with E-state index in [1.807, 2.05) is 4.90 Å². The van der Waals surface area contributed by atoms with E-state index in [1.165, 1.54) is 0 Å². The molecule has 17 heavy (non-hydrogen) atoms. The van der Waals surface area contributed by atoms with Crippen molar-refractivity contribution in [1.29, 1.82) is 0 Å². The number of amides is 2. The summed E-state index contributed by atoms with van der Waals surface area (Å²) in [6, 6.07) is 0.0497. The van der Waals surface area contributed by atoms with Crippen molar-refractivity contribution in [1.82, 2.24) is 10.2 Å². The average molecular weight is 241 g/mol. The molecule has 0 aliphatic carbocycles. The highest BCUT2D eigenvalue weighted by Gasteiger charge is 2.24. The van der Waals surface area contributed by atoms with E-state index >= 15 is 0 Å². The first kappa shape index (κ1) is 14.3. The number of carbonyl (C=O) groups excluding carboxylic acids is 1. The molecule has 0 aromatic rings. The number of hydrogen-bond acceptors (Lipinski definition) is 2. The molecular weight excluding hydrogens is 214 g/mol. The van der Waals surface area contributed by atoms with E-state index in [1.54, 1.807) is 0 Å². The fourth-order valence-electron chi connectivity index (χ4n) is 2.08. The second kappa shape index (κ2) is 6.24. The molecule has 1 saturated heterocycles. The Bertz CT molecular complexity index is 243. The summed E-state index contributed by atoms with van der Waals surface area (Å²) in [5.74, 6) is 0.749. The van der Waals surface area contributed by atoms with Gasteiger partial charge in [-0.1, -0.05) is 20.8 Å². The van der Waals surface area contributed by atoms with Crippen molar-refractivity contribution in [3.8, 4) is 0 Å².